The third-order valence-electron chi connectivity index (χ3n) is 7.90. The topological polar surface area (TPSA) is 57.9 Å². The van der Waals surface area contributed by atoms with Crippen LogP contribution >= 0.6 is 0 Å². The molecule has 3 aromatic heterocycles. The Bertz CT molecular complexity index is 1920. The molecule has 0 radical (unpaired) electrons. The summed E-state index contributed by atoms with van der Waals surface area (Å²) < 4.78 is 32.2. The molecule has 0 atom stereocenters. The highest BCUT2D eigenvalue weighted by Gasteiger charge is 2.52. The third-order valence-corrected chi connectivity index (χ3v) is 7.90. The van der Waals surface area contributed by atoms with Crippen LogP contribution in [0.1, 0.15) is 27.7 Å². The van der Waals surface area contributed by atoms with Gasteiger partial charge in [-0.05, 0) is 57.3 Å². The van der Waals surface area contributed by atoms with Crippen LogP contribution in [0.4, 0.5) is 0 Å². The molecule has 8 rings (SSSR count). The van der Waals surface area contributed by atoms with Crippen molar-refractivity contribution < 1.29 is 22.6 Å². The molecule has 0 bridgehead atoms. The van der Waals surface area contributed by atoms with Crippen molar-refractivity contribution in [2.24, 2.45) is 0 Å². The summed E-state index contributed by atoms with van der Waals surface area (Å²) in [4.78, 5) is 0. The summed E-state index contributed by atoms with van der Waals surface area (Å²) in [5.41, 5.74) is 4.70. The Morgan fingerprint density at radius 3 is 1.94 bits per heavy atom. The fraction of sp³-hybridized carbons (Fsp3) is 0.214. The van der Waals surface area contributed by atoms with E-state index in [0.717, 1.165) is 71.3 Å². The largest absolute Gasteiger partial charge is 0.498 e. The summed E-state index contributed by atoms with van der Waals surface area (Å²) in [5, 5.41) is 6.08. The van der Waals surface area contributed by atoms with E-state index < -0.39 is 18.3 Å². The maximum atomic E-state index is 6.68. The van der Waals surface area contributed by atoms with Gasteiger partial charge in [0.1, 0.15) is 33.5 Å². The maximum absolute atomic E-state index is 6.68. The van der Waals surface area contributed by atoms with Gasteiger partial charge in [-0.2, -0.15) is 0 Å². The summed E-state index contributed by atoms with van der Waals surface area (Å²) >= 11 is 0. The predicted octanol–water partition coefficient (Wildman–Crippen LogP) is 7.12. The van der Waals surface area contributed by atoms with E-state index in [1.54, 1.807) is 0 Å². The molecule has 0 amide bonds. The van der Waals surface area contributed by atoms with Crippen molar-refractivity contribution in [2.45, 2.75) is 38.9 Å². The first-order chi connectivity index (χ1) is 16.3. The molecule has 34 heavy (non-hydrogen) atoms. The highest BCUT2D eigenvalue weighted by atomic mass is 16.7. The van der Waals surface area contributed by atoms with Crippen LogP contribution in [-0.4, -0.2) is 18.3 Å². The zero-order chi connectivity index (χ0) is 23.0. The smallest absolute Gasteiger partial charge is 0.456 e. The van der Waals surface area contributed by atoms with Crippen molar-refractivity contribution in [3.63, 3.8) is 0 Å². The lowest BCUT2D eigenvalue weighted by Crippen LogP contribution is -2.41. The van der Waals surface area contributed by atoms with Crippen LogP contribution in [0.5, 0.6) is 0 Å². The van der Waals surface area contributed by atoms with Gasteiger partial charge in [-0.3, -0.25) is 0 Å². The van der Waals surface area contributed by atoms with Gasteiger partial charge < -0.3 is 22.6 Å². The Balaban J connectivity index is 1.56. The second kappa shape index (κ2) is 5.77. The highest BCUT2D eigenvalue weighted by Crippen LogP contribution is 2.46. The number of rotatable bonds is 1. The van der Waals surface area contributed by atoms with E-state index in [4.69, 9.17) is 22.6 Å². The predicted molar refractivity (Wildman–Crippen MR) is 135 cm³/mol. The van der Waals surface area contributed by atoms with E-state index in [2.05, 4.69) is 45.9 Å². The molecule has 1 aliphatic heterocycles. The minimum absolute atomic E-state index is 0.446. The highest BCUT2D eigenvalue weighted by molar-refractivity contribution is 6.65. The monoisotopic (exact) mass is 448 g/mol. The molecule has 166 valence electrons. The molecule has 1 fully saturated rings. The van der Waals surface area contributed by atoms with Crippen molar-refractivity contribution in [1.82, 2.24) is 0 Å². The van der Waals surface area contributed by atoms with E-state index >= 15 is 0 Å². The van der Waals surface area contributed by atoms with Crippen LogP contribution in [0.15, 0.2) is 67.8 Å². The SMILES string of the molecule is CC1(C)OB(c2ccc3oc4c5ccccc5cc5oc6ccc7oc2c3c7c6c54)OC1(C)C. The van der Waals surface area contributed by atoms with E-state index in [1.165, 1.54) is 0 Å². The first kappa shape index (κ1) is 18.9. The number of fused-ring (bicyclic) bond motifs is 2. The van der Waals surface area contributed by atoms with Crippen LogP contribution in [0, 0.1) is 0 Å². The number of hydrogen-bond donors (Lipinski definition) is 0. The lowest BCUT2D eigenvalue weighted by atomic mass is 9.78. The molecule has 0 saturated carbocycles. The molecule has 4 heterocycles. The van der Waals surface area contributed by atoms with E-state index in [9.17, 15) is 0 Å². The van der Waals surface area contributed by atoms with Gasteiger partial charge in [0.15, 0.2) is 0 Å². The fourth-order valence-electron chi connectivity index (χ4n) is 5.45. The Kier molecular flexibility index (Phi) is 3.21. The molecule has 1 saturated heterocycles. The molecule has 5 nitrogen and oxygen atoms in total. The first-order valence-corrected chi connectivity index (χ1v) is 11.6. The minimum atomic E-state index is -0.536. The number of furan rings is 2. The van der Waals surface area contributed by atoms with Gasteiger partial charge in [0, 0.05) is 21.6 Å². The van der Waals surface area contributed by atoms with Crippen molar-refractivity contribution in [3.05, 3.63) is 54.6 Å². The van der Waals surface area contributed by atoms with Gasteiger partial charge in [0.2, 0.25) is 0 Å². The summed E-state index contributed by atoms with van der Waals surface area (Å²) in [6.07, 6.45) is 0. The average molecular weight is 448 g/mol. The zero-order valence-corrected chi connectivity index (χ0v) is 19.3. The molecule has 0 N–H and O–H groups in total. The molecule has 7 aromatic rings. The number of benzene rings is 4. The molecule has 0 aliphatic carbocycles. The van der Waals surface area contributed by atoms with Crippen LogP contribution in [0.2, 0.25) is 0 Å². The average Bonchev–Trinajstić information content (AvgIpc) is 3.37. The molecular weight excluding hydrogens is 427 g/mol. The van der Waals surface area contributed by atoms with Gasteiger partial charge in [-0.1, -0.05) is 30.3 Å². The first-order valence-electron chi connectivity index (χ1n) is 11.6. The summed E-state index contributed by atoms with van der Waals surface area (Å²) in [7, 11) is -0.536. The van der Waals surface area contributed by atoms with Crippen LogP contribution in [0.25, 0.3) is 65.8 Å². The second-order valence-electron chi connectivity index (χ2n) is 10.4. The van der Waals surface area contributed by atoms with E-state index in [-0.39, 0.29) is 0 Å². The van der Waals surface area contributed by atoms with Crippen LogP contribution in [-0.2, 0) is 9.31 Å². The van der Waals surface area contributed by atoms with Crippen molar-refractivity contribution >= 4 is 78.4 Å². The quantitative estimate of drug-likeness (QED) is 0.250. The fourth-order valence-corrected chi connectivity index (χ4v) is 5.45. The van der Waals surface area contributed by atoms with Crippen molar-refractivity contribution in [3.8, 4) is 0 Å². The minimum Gasteiger partial charge on any atom is -0.456 e. The van der Waals surface area contributed by atoms with Crippen molar-refractivity contribution in [2.75, 3.05) is 0 Å². The molecule has 1 aliphatic rings. The van der Waals surface area contributed by atoms with Gasteiger partial charge in [0.25, 0.3) is 0 Å². The molecular formula is C28H21BO5. The van der Waals surface area contributed by atoms with Gasteiger partial charge in [0.05, 0.1) is 22.0 Å². The van der Waals surface area contributed by atoms with Gasteiger partial charge in [-0.15, -0.1) is 0 Å². The van der Waals surface area contributed by atoms with Crippen LogP contribution < -0.4 is 5.46 Å². The molecule has 0 spiro atoms. The molecule has 0 unspecified atom stereocenters. The number of hydrogen-bond acceptors (Lipinski definition) is 5. The maximum Gasteiger partial charge on any atom is 0.498 e. The Labute approximate surface area is 194 Å². The molecule has 4 aromatic carbocycles. The lowest BCUT2D eigenvalue weighted by molar-refractivity contribution is 0.00578. The second-order valence-corrected chi connectivity index (χ2v) is 10.4. The van der Waals surface area contributed by atoms with Gasteiger partial charge >= 0.3 is 7.12 Å². The Morgan fingerprint density at radius 1 is 0.588 bits per heavy atom. The van der Waals surface area contributed by atoms with E-state index in [0.29, 0.717) is 0 Å². The Hall–Kier alpha value is -3.48. The lowest BCUT2D eigenvalue weighted by Gasteiger charge is -2.32. The summed E-state index contributed by atoms with van der Waals surface area (Å²) in [5.74, 6) is 0. The van der Waals surface area contributed by atoms with Crippen LogP contribution in [0.3, 0.4) is 0 Å². The normalized spacial score (nSPS) is 18.2. The summed E-state index contributed by atoms with van der Waals surface area (Å²) in [6, 6.07) is 18.3. The van der Waals surface area contributed by atoms with E-state index in [1.807, 2.05) is 36.4 Å². The summed E-state index contributed by atoms with van der Waals surface area (Å²) in [6.45, 7) is 8.23. The van der Waals surface area contributed by atoms with Crippen molar-refractivity contribution in [1.29, 1.82) is 0 Å². The third kappa shape index (κ3) is 2.14. The molecule has 6 heteroatoms. The zero-order valence-electron chi connectivity index (χ0n) is 19.3. The Morgan fingerprint density at radius 2 is 1.18 bits per heavy atom. The van der Waals surface area contributed by atoms with Gasteiger partial charge in [-0.25, -0.2) is 0 Å². The standard InChI is InChI=1S/C28H21BO5/c1-27(2)28(3,4)34-29(33-27)16-9-10-19-23-22-18(32-26(16)23)12-11-17-21(22)24-20(30-17)13-14-7-5-6-8-15(14)25(24)31-19/h5-13H,1-4H3.